The van der Waals surface area contributed by atoms with Crippen LogP contribution in [0.15, 0.2) is 35.9 Å². The maximum atomic E-state index is 13.4. The van der Waals surface area contributed by atoms with Crippen molar-refractivity contribution < 1.29 is 38.3 Å². The normalized spacial score (nSPS) is 16.9. The first-order chi connectivity index (χ1) is 23.7. The number of amides is 8. The van der Waals surface area contributed by atoms with Crippen LogP contribution < -0.4 is 27.0 Å². The van der Waals surface area contributed by atoms with Gasteiger partial charge < -0.3 is 36.6 Å². The van der Waals surface area contributed by atoms with Crippen LogP contribution >= 0.6 is 0 Å². The van der Waals surface area contributed by atoms with Crippen molar-refractivity contribution in [3.05, 3.63) is 41.5 Å². The number of benzene rings is 1. The minimum Gasteiger partial charge on any atom is -0.445 e. The fourth-order valence-corrected chi connectivity index (χ4v) is 5.66. The molecule has 2 heterocycles. The molecule has 6 N–H and O–H groups in total. The monoisotopic (exact) mass is 697 g/mol. The highest BCUT2D eigenvalue weighted by atomic mass is 16.6. The van der Waals surface area contributed by atoms with Crippen molar-refractivity contribution in [1.29, 1.82) is 0 Å². The van der Waals surface area contributed by atoms with E-state index in [0.29, 0.717) is 56.0 Å². The van der Waals surface area contributed by atoms with Crippen LogP contribution in [0, 0.1) is 11.8 Å². The highest BCUT2D eigenvalue weighted by molar-refractivity contribution is 6.15. The predicted molar refractivity (Wildman–Crippen MR) is 185 cm³/mol. The topological polar surface area (TPSA) is 209 Å². The molecule has 50 heavy (non-hydrogen) atoms. The molecule has 3 atom stereocenters. The molecule has 2 aliphatic heterocycles. The molecule has 1 aromatic rings. The molecule has 8 amide bonds. The van der Waals surface area contributed by atoms with Gasteiger partial charge in [0.25, 0.3) is 11.8 Å². The molecule has 3 rings (SSSR count). The van der Waals surface area contributed by atoms with Crippen LogP contribution in [0.1, 0.15) is 78.2 Å². The SMILES string of the molecule is CC1=CC(=O)N(CCCCCC(=O)N[C@H](C(=O)N[C@@H](CCCNC(N)=O)C(=O)Nc2ccc(COC(=O)N3CC[C@@H](C)C3)cc2)C(C)C)C1=O. The van der Waals surface area contributed by atoms with E-state index in [-0.39, 0.29) is 62.3 Å². The highest BCUT2D eigenvalue weighted by Crippen LogP contribution is 2.18. The number of rotatable bonds is 18. The number of hydrogen-bond donors (Lipinski definition) is 5. The van der Waals surface area contributed by atoms with Gasteiger partial charge in [0, 0.05) is 49.9 Å². The second-order valence-corrected chi connectivity index (χ2v) is 13.3. The van der Waals surface area contributed by atoms with E-state index in [1.165, 1.54) is 11.0 Å². The Hall–Kier alpha value is -4.95. The molecule has 0 radical (unpaired) electrons. The molecule has 274 valence electrons. The van der Waals surface area contributed by atoms with E-state index in [1.807, 2.05) is 0 Å². The molecule has 0 saturated carbocycles. The Labute approximate surface area is 293 Å². The van der Waals surface area contributed by atoms with Gasteiger partial charge in [-0.05, 0) is 68.6 Å². The van der Waals surface area contributed by atoms with E-state index in [0.717, 1.165) is 12.0 Å². The van der Waals surface area contributed by atoms with Crippen LogP contribution in [0.3, 0.4) is 0 Å². The summed E-state index contributed by atoms with van der Waals surface area (Å²) >= 11 is 0. The van der Waals surface area contributed by atoms with Crippen molar-refractivity contribution in [3.8, 4) is 0 Å². The number of ether oxygens (including phenoxy) is 1. The largest absolute Gasteiger partial charge is 0.445 e. The van der Waals surface area contributed by atoms with Crippen molar-refractivity contribution in [2.45, 2.75) is 91.3 Å². The minimum absolute atomic E-state index is 0.0872. The number of nitrogens with one attached hydrogen (secondary N) is 4. The number of carbonyl (C=O) groups is 7. The molecule has 15 nitrogen and oxygen atoms in total. The van der Waals surface area contributed by atoms with Crippen LogP contribution in [0.25, 0.3) is 0 Å². The lowest BCUT2D eigenvalue weighted by Gasteiger charge is -2.25. The summed E-state index contributed by atoms with van der Waals surface area (Å²) in [6.07, 6.45) is 4.22. The molecular weight excluding hydrogens is 646 g/mol. The number of imide groups is 1. The minimum atomic E-state index is -0.993. The lowest BCUT2D eigenvalue weighted by atomic mass is 10.0. The molecule has 0 aromatic heterocycles. The summed E-state index contributed by atoms with van der Waals surface area (Å²) in [6.45, 7) is 9.16. The van der Waals surface area contributed by atoms with E-state index < -0.39 is 29.9 Å². The lowest BCUT2D eigenvalue weighted by Crippen LogP contribution is -2.54. The van der Waals surface area contributed by atoms with Crippen molar-refractivity contribution in [3.63, 3.8) is 0 Å². The standard InChI is InChI=1S/C35H51N7O8/c1-22(2)30(40-28(43)10-6-5-7-17-42-29(44)19-24(4)33(42)47)32(46)39-27(9-8-16-37-34(36)48)31(45)38-26-13-11-25(12-14-26)21-50-35(49)41-18-15-23(3)20-41/h11-14,19,22-23,27,30H,5-10,15-18,20-21H2,1-4H3,(H,38,45)(H,39,46)(H,40,43)(H3,36,37,48)/t23-,27+,30+/m1/s1. The first kappa shape index (κ1) is 39.5. The fraction of sp³-hybridized carbons (Fsp3) is 0.571. The molecule has 0 bridgehead atoms. The average molecular weight is 698 g/mol. The van der Waals surface area contributed by atoms with E-state index in [2.05, 4.69) is 28.2 Å². The van der Waals surface area contributed by atoms with Crippen LogP contribution in [-0.4, -0.2) is 89.7 Å². The Balaban J connectivity index is 1.51. The maximum absolute atomic E-state index is 13.4. The number of nitrogens with two attached hydrogens (primary N) is 1. The van der Waals surface area contributed by atoms with Crippen LogP contribution in [-0.2, 0) is 35.3 Å². The highest BCUT2D eigenvalue weighted by Gasteiger charge is 2.30. The number of unbranched alkanes of at least 4 members (excludes halogenated alkanes) is 2. The number of hydrogen-bond acceptors (Lipinski definition) is 8. The van der Waals surface area contributed by atoms with Crippen molar-refractivity contribution in [1.82, 2.24) is 25.8 Å². The summed E-state index contributed by atoms with van der Waals surface area (Å²) < 4.78 is 5.42. The number of anilines is 1. The molecular formula is C35H51N7O8. The Morgan fingerprint density at radius 3 is 2.30 bits per heavy atom. The van der Waals surface area contributed by atoms with E-state index in [1.54, 1.807) is 49.9 Å². The zero-order valence-corrected chi connectivity index (χ0v) is 29.4. The smallest absolute Gasteiger partial charge is 0.410 e. The summed E-state index contributed by atoms with van der Waals surface area (Å²) in [7, 11) is 0. The average Bonchev–Trinajstić information content (AvgIpc) is 3.61. The summed E-state index contributed by atoms with van der Waals surface area (Å²) in [5.41, 5.74) is 6.77. The number of nitrogens with zero attached hydrogens (tertiary/aromatic N) is 2. The maximum Gasteiger partial charge on any atom is 0.410 e. The van der Waals surface area contributed by atoms with Gasteiger partial charge in [-0.3, -0.25) is 28.9 Å². The number of primary amides is 1. The number of urea groups is 1. The van der Waals surface area contributed by atoms with Gasteiger partial charge in [-0.1, -0.05) is 39.3 Å². The summed E-state index contributed by atoms with van der Waals surface area (Å²) in [4.78, 5) is 89.8. The van der Waals surface area contributed by atoms with Gasteiger partial charge in [-0.25, -0.2) is 9.59 Å². The molecule has 1 saturated heterocycles. The quantitative estimate of drug-likeness (QED) is 0.113. The van der Waals surface area contributed by atoms with Crippen LogP contribution in [0.2, 0.25) is 0 Å². The third-order valence-electron chi connectivity index (χ3n) is 8.61. The fourth-order valence-electron chi connectivity index (χ4n) is 5.66. The van der Waals surface area contributed by atoms with Gasteiger partial charge in [0.2, 0.25) is 17.7 Å². The van der Waals surface area contributed by atoms with Gasteiger partial charge in [0.15, 0.2) is 0 Å². The summed E-state index contributed by atoms with van der Waals surface area (Å²) in [5, 5.41) is 10.8. The molecule has 0 aliphatic carbocycles. The van der Waals surface area contributed by atoms with Gasteiger partial charge in [0.05, 0.1) is 0 Å². The third-order valence-corrected chi connectivity index (χ3v) is 8.61. The van der Waals surface area contributed by atoms with E-state index >= 15 is 0 Å². The Morgan fingerprint density at radius 2 is 1.70 bits per heavy atom. The van der Waals surface area contributed by atoms with Gasteiger partial charge in [-0.2, -0.15) is 0 Å². The number of likely N-dealkylation sites (tertiary alicyclic amines) is 1. The van der Waals surface area contributed by atoms with Crippen molar-refractivity contribution in [2.24, 2.45) is 17.6 Å². The Morgan fingerprint density at radius 1 is 0.980 bits per heavy atom. The van der Waals surface area contributed by atoms with E-state index in [4.69, 9.17) is 10.5 Å². The van der Waals surface area contributed by atoms with Crippen LogP contribution in [0.5, 0.6) is 0 Å². The van der Waals surface area contributed by atoms with Gasteiger partial charge in [0.1, 0.15) is 18.7 Å². The van der Waals surface area contributed by atoms with Gasteiger partial charge in [-0.15, -0.1) is 0 Å². The predicted octanol–water partition coefficient (Wildman–Crippen LogP) is 2.55. The number of carbonyl (C=O) groups excluding carboxylic acids is 7. The second-order valence-electron chi connectivity index (χ2n) is 13.3. The van der Waals surface area contributed by atoms with Crippen molar-refractivity contribution >= 4 is 47.3 Å². The zero-order valence-electron chi connectivity index (χ0n) is 29.4. The Bertz CT molecular complexity index is 1430. The molecule has 1 aromatic carbocycles. The summed E-state index contributed by atoms with van der Waals surface area (Å²) in [5.74, 6) is -1.83. The first-order valence-corrected chi connectivity index (χ1v) is 17.2. The molecule has 0 spiro atoms. The molecule has 2 aliphatic rings. The molecule has 15 heteroatoms. The third kappa shape index (κ3) is 12.5. The second kappa shape index (κ2) is 19.3. The Kier molecular flexibility index (Phi) is 15.2. The molecule has 1 fully saturated rings. The molecule has 0 unspecified atom stereocenters. The van der Waals surface area contributed by atoms with E-state index in [9.17, 15) is 33.6 Å². The van der Waals surface area contributed by atoms with Crippen molar-refractivity contribution in [2.75, 3.05) is 31.5 Å². The zero-order chi connectivity index (χ0) is 36.8. The van der Waals surface area contributed by atoms with Gasteiger partial charge >= 0.3 is 12.1 Å². The summed E-state index contributed by atoms with van der Waals surface area (Å²) in [6, 6.07) is 4.18. The first-order valence-electron chi connectivity index (χ1n) is 17.2. The van der Waals surface area contributed by atoms with Crippen LogP contribution in [0.4, 0.5) is 15.3 Å². The lowest BCUT2D eigenvalue weighted by molar-refractivity contribution is -0.137.